The Hall–Kier alpha value is -0.190. The lowest BCUT2D eigenvalue weighted by atomic mass is 9.98. The van der Waals surface area contributed by atoms with Crippen LogP contribution in [0.5, 0.6) is 0 Å². The first-order valence-corrected chi connectivity index (χ1v) is 8.42. The molecule has 0 bridgehead atoms. The maximum Gasteiger partial charge on any atom is 0.0474 e. The number of hydrogen-bond acceptors (Lipinski definition) is 3. The molecule has 1 aliphatic heterocycles. The van der Waals surface area contributed by atoms with Crippen LogP contribution in [0.15, 0.2) is 18.2 Å². The molecule has 1 N–H and O–H groups in total. The number of unbranched alkanes of at least 4 members (excludes halogenated alkanes) is 1. The fourth-order valence-corrected chi connectivity index (χ4v) is 3.29. The maximum absolute atomic E-state index is 6.60. The summed E-state index contributed by atoms with van der Waals surface area (Å²) < 4.78 is 0. The van der Waals surface area contributed by atoms with Crippen LogP contribution < -0.4 is 10.2 Å². The Morgan fingerprint density at radius 2 is 1.87 bits per heavy atom. The molecule has 1 atom stereocenters. The van der Waals surface area contributed by atoms with E-state index in [2.05, 4.69) is 54.3 Å². The fraction of sp³-hybridized carbons (Fsp3) is 0.647. The Kier molecular flexibility index (Phi) is 11.3. The molecule has 0 amide bonds. The van der Waals surface area contributed by atoms with Gasteiger partial charge in [0.1, 0.15) is 0 Å². The van der Waals surface area contributed by atoms with Gasteiger partial charge in [0.15, 0.2) is 0 Å². The van der Waals surface area contributed by atoms with Crippen LogP contribution in [0.3, 0.4) is 0 Å². The second-order valence-electron chi connectivity index (χ2n) is 6.04. The van der Waals surface area contributed by atoms with Gasteiger partial charge in [-0.05, 0) is 24.1 Å². The van der Waals surface area contributed by atoms with Crippen molar-refractivity contribution in [2.24, 2.45) is 0 Å². The van der Waals surface area contributed by atoms with Gasteiger partial charge < -0.3 is 10.2 Å². The normalized spacial score (nSPS) is 16.2. The highest BCUT2D eigenvalue weighted by atomic mass is 35.5. The zero-order valence-electron chi connectivity index (χ0n) is 14.3. The van der Waals surface area contributed by atoms with Crippen molar-refractivity contribution in [1.29, 1.82) is 0 Å². The molecule has 3 nitrogen and oxygen atoms in total. The minimum atomic E-state index is 0. The molecule has 0 radical (unpaired) electrons. The molecule has 1 heterocycles. The van der Waals surface area contributed by atoms with E-state index in [-0.39, 0.29) is 24.8 Å². The van der Waals surface area contributed by atoms with Crippen molar-refractivity contribution in [2.45, 2.75) is 32.2 Å². The van der Waals surface area contributed by atoms with Gasteiger partial charge in [0.05, 0.1) is 0 Å². The van der Waals surface area contributed by atoms with Crippen LogP contribution in [0.25, 0.3) is 0 Å². The molecule has 6 heteroatoms. The average molecular weight is 383 g/mol. The minimum Gasteiger partial charge on any atom is -0.378 e. The molecule has 134 valence electrons. The molecule has 0 saturated carbocycles. The van der Waals surface area contributed by atoms with Crippen LogP contribution in [-0.2, 0) is 0 Å². The summed E-state index contributed by atoms with van der Waals surface area (Å²) in [6.07, 6.45) is 3.67. The number of nitrogens with one attached hydrogen (secondary N) is 1. The third kappa shape index (κ3) is 6.32. The molecule has 1 saturated heterocycles. The van der Waals surface area contributed by atoms with Gasteiger partial charge in [-0.15, -0.1) is 24.8 Å². The summed E-state index contributed by atoms with van der Waals surface area (Å²) in [6, 6.07) is 6.95. The highest BCUT2D eigenvalue weighted by molar-refractivity contribution is 6.31. The van der Waals surface area contributed by atoms with Crippen molar-refractivity contribution in [3.8, 4) is 0 Å². The first-order chi connectivity index (χ1) is 10.1. The fourth-order valence-electron chi connectivity index (χ4n) is 2.99. The largest absolute Gasteiger partial charge is 0.378 e. The van der Waals surface area contributed by atoms with Crippen LogP contribution in [0.4, 0.5) is 5.69 Å². The van der Waals surface area contributed by atoms with Crippen molar-refractivity contribution in [3.63, 3.8) is 0 Å². The lowest BCUT2D eigenvalue weighted by Gasteiger charge is -2.36. The molecule has 1 fully saturated rings. The summed E-state index contributed by atoms with van der Waals surface area (Å²) in [7, 11) is 4.10. The van der Waals surface area contributed by atoms with Crippen molar-refractivity contribution in [3.05, 3.63) is 28.8 Å². The first-order valence-electron chi connectivity index (χ1n) is 8.05. The van der Waals surface area contributed by atoms with E-state index < -0.39 is 0 Å². The number of benzene rings is 1. The van der Waals surface area contributed by atoms with Crippen LogP contribution in [0.1, 0.15) is 37.8 Å². The van der Waals surface area contributed by atoms with E-state index >= 15 is 0 Å². The van der Waals surface area contributed by atoms with Crippen LogP contribution in [0, 0.1) is 0 Å². The van der Waals surface area contributed by atoms with Crippen LogP contribution in [0.2, 0.25) is 5.02 Å². The molecule has 1 aromatic rings. The van der Waals surface area contributed by atoms with E-state index in [0.29, 0.717) is 6.04 Å². The van der Waals surface area contributed by atoms with Gasteiger partial charge in [0, 0.05) is 57.0 Å². The quantitative estimate of drug-likeness (QED) is 0.787. The lowest BCUT2D eigenvalue weighted by molar-refractivity contribution is 0.163. The van der Waals surface area contributed by atoms with E-state index in [1.807, 2.05) is 0 Å². The second-order valence-corrected chi connectivity index (χ2v) is 6.45. The molecule has 0 aliphatic carbocycles. The first kappa shape index (κ1) is 22.8. The van der Waals surface area contributed by atoms with Gasteiger partial charge in [0.2, 0.25) is 0 Å². The third-order valence-electron chi connectivity index (χ3n) is 4.28. The zero-order chi connectivity index (χ0) is 15.2. The van der Waals surface area contributed by atoms with E-state index in [1.54, 1.807) is 0 Å². The van der Waals surface area contributed by atoms with Gasteiger partial charge in [-0.1, -0.05) is 37.4 Å². The zero-order valence-corrected chi connectivity index (χ0v) is 16.7. The topological polar surface area (TPSA) is 18.5 Å². The summed E-state index contributed by atoms with van der Waals surface area (Å²) >= 11 is 6.60. The van der Waals surface area contributed by atoms with Crippen LogP contribution >= 0.6 is 36.4 Å². The molecule has 2 rings (SSSR count). The highest BCUT2D eigenvalue weighted by Gasteiger charge is 2.23. The predicted molar refractivity (Wildman–Crippen MR) is 107 cm³/mol. The summed E-state index contributed by atoms with van der Waals surface area (Å²) in [4.78, 5) is 4.68. The smallest absolute Gasteiger partial charge is 0.0474 e. The Morgan fingerprint density at radius 1 is 1.22 bits per heavy atom. The molecule has 0 spiro atoms. The molecular formula is C17H30Cl3N3. The maximum atomic E-state index is 6.60. The minimum absolute atomic E-state index is 0. The number of halogens is 3. The van der Waals surface area contributed by atoms with Gasteiger partial charge in [0.25, 0.3) is 0 Å². The van der Waals surface area contributed by atoms with E-state index in [1.165, 1.54) is 30.5 Å². The van der Waals surface area contributed by atoms with Crippen molar-refractivity contribution in [2.75, 3.05) is 45.2 Å². The standard InChI is InChI=1S/C17H28ClN3.2ClH/c1-4-5-6-17(21-11-9-19-10-12-21)15-8-7-14(20(2)3)13-16(15)18;;/h7-8,13,17,19H,4-6,9-12H2,1-3H3;2*1H/t17-;;/m1../s1. The summed E-state index contributed by atoms with van der Waals surface area (Å²) in [5, 5.41) is 4.34. The molecule has 1 aliphatic rings. The van der Waals surface area contributed by atoms with Gasteiger partial charge in [-0.3, -0.25) is 4.90 Å². The van der Waals surface area contributed by atoms with E-state index in [0.717, 1.165) is 31.2 Å². The highest BCUT2D eigenvalue weighted by Crippen LogP contribution is 2.34. The Morgan fingerprint density at radius 3 is 2.39 bits per heavy atom. The summed E-state index contributed by atoms with van der Waals surface area (Å²) in [6.45, 7) is 6.64. The van der Waals surface area contributed by atoms with Crippen molar-refractivity contribution >= 4 is 42.1 Å². The summed E-state index contributed by atoms with van der Waals surface area (Å²) in [5.41, 5.74) is 2.45. The predicted octanol–water partition coefficient (Wildman–Crippen LogP) is 4.39. The Balaban J connectivity index is 0.00000242. The number of rotatable bonds is 6. The molecule has 0 unspecified atom stereocenters. The Labute approximate surface area is 158 Å². The molecule has 0 aromatic heterocycles. The number of nitrogens with zero attached hydrogens (tertiary/aromatic N) is 2. The average Bonchev–Trinajstić information content (AvgIpc) is 2.50. The van der Waals surface area contributed by atoms with Gasteiger partial charge in [-0.25, -0.2) is 0 Å². The SMILES string of the molecule is CCCC[C@H](c1ccc(N(C)C)cc1Cl)N1CCNCC1.Cl.Cl. The molecule has 1 aromatic carbocycles. The van der Waals surface area contributed by atoms with Crippen molar-refractivity contribution < 1.29 is 0 Å². The number of anilines is 1. The molecule has 23 heavy (non-hydrogen) atoms. The molecular weight excluding hydrogens is 353 g/mol. The van der Waals surface area contributed by atoms with Crippen LogP contribution in [-0.4, -0.2) is 45.2 Å². The third-order valence-corrected chi connectivity index (χ3v) is 4.61. The Bertz CT molecular complexity index is 449. The van der Waals surface area contributed by atoms with Gasteiger partial charge >= 0.3 is 0 Å². The lowest BCUT2D eigenvalue weighted by Crippen LogP contribution is -2.45. The van der Waals surface area contributed by atoms with Crippen molar-refractivity contribution in [1.82, 2.24) is 10.2 Å². The monoisotopic (exact) mass is 381 g/mol. The number of hydrogen-bond donors (Lipinski definition) is 1. The number of piperazine rings is 1. The second kappa shape index (κ2) is 11.4. The van der Waals surface area contributed by atoms with E-state index in [9.17, 15) is 0 Å². The van der Waals surface area contributed by atoms with Gasteiger partial charge in [-0.2, -0.15) is 0 Å². The van der Waals surface area contributed by atoms with E-state index in [4.69, 9.17) is 11.6 Å². The summed E-state index contributed by atoms with van der Waals surface area (Å²) in [5.74, 6) is 0.